The van der Waals surface area contributed by atoms with Gasteiger partial charge in [0.25, 0.3) is 5.91 Å². The molecule has 150 valence electrons. The number of carbonyl (C=O) groups excluding carboxylic acids is 3. The SMILES string of the molecule is CCN1CCN(C(=O)CN2C(=O)C3CCCN3C(=O)c3cc(C)ccc32)CC1. The summed E-state index contributed by atoms with van der Waals surface area (Å²) in [5, 5.41) is 0. The lowest BCUT2D eigenvalue weighted by atomic mass is 10.1. The van der Waals surface area contributed by atoms with Crippen LogP contribution in [-0.2, 0) is 9.59 Å². The first-order chi connectivity index (χ1) is 13.5. The Bertz CT molecular complexity index is 801. The highest BCUT2D eigenvalue weighted by molar-refractivity contribution is 6.12. The van der Waals surface area contributed by atoms with E-state index in [1.807, 2.05) is 30.0 Å². The molecule has 0 N–H and O–H groups in total. The van der Waals surface area contributed by atoms with Gasteiger partial charge in [0.1, 0.15) is 12.6 Å². The highest BCUT2D eigenvalue weighted by Crippen LogP contribution is 2.33. The Labute approximate surface area is 165 Å². The first kappa shape index (κ1) is 18.9. The second-order valence-corrected chi connectivity index (χ2v) is 7.92. The van der Waals surface area contributed by atoms with Gasteiger partial charge in [-0.1, -0.05) is 18.6 Å². The van der Waals surface area contributed by atoms with Gasteiger partial charge in [0.15, 0.2) is 0 Å². The fourth-order valence-electron chi connectivity index (χ4n) is 4.49. The third-order valence-corrected chi connectivity index (χ3v) is 6.20. The molecule has 0 aromatic heterocycles. The molecule has 4 rings (SSSR count). The fourth-order valence-corrected chi connectivity index (χ4v) is 4.49. The van der Waals surface area contributed by atoms with Crippen molar-refractivity contribution in [2.24, 2.45) is 0 Å². The van der Waals surface area contributed by atoms with Crippen molar-refractivity contribution >= 4 is 23.4 Å². The smallest absolute Gasteiger partial charge is 0.256 e. The van der Waals surface area contributed by atoms with Crippen molar-refractivity contribution in [1.82, 2.24) is 14.7 Å². The average molecular weight is 384 g/mol. The minimum absolute atomic E-state index is 0.00135. The zero-order valence-corrected chi connectivity index (χ0v) is 16.7. The van der Waals surface area contributed by atoms with E-state index < -0.39 is 6.04 Å². The Kier molecular flexibility index (Phi) is 5.10. The lowest BCUT2D eigenvalue weighted by molar-refractivity contribution is -0.133. The van der Waals surface area contributed by atoms with Crippen LogP contribution in [0.5, 0.6) is 0 Å². The van der Waals surface area contributed by atoms with Crippen LogP contribution in [0.4, 0.5) is 5.69 Å². The fraction of sp³-hybridized carbons (Fsp3) is 0.571. The van der Waals surface area contributed by atoms with Gasteiger partial charge in [0, 0.05) is 32.7 Å². The number of amides is 3. The normalized spacial score (nSPS) is 22.9. The summed E-state index contributed by atoms with van der Waals surface area (Å²) in [6.07, 6.45) is 1.49. The number of benzene rings is 1. The van der Waals surface area contributed by atoms with Crippen LogP contribution in [0.1, 0.15) is 35.7 Å². The first-order valence-corrected chi connectivity index (χ1v) is 10.2. The van der Waals surface area contributed by atoms with Gasteiger partial charge in [-0.25, -0.2) is 0 Å². The van der Waals surface area contributed by atoms with Crippen LogP contribution in [-0.4, -0.2) is 84.3 Å². The Morgan fingerprint density at radius 2 is 1.86 bits per heavy atom. The number of nitrogens with zero attached hydrogens (tertiary/aromatic N) is 4. The van der Waals surface area contributed by atoms with Crippen molar-refractivity contribution in [3.8, 4) is 0 Å². The number of aryl methyl sites for hydroxylation is 1. The van der Waals surface area contributed by atoms with E-state index in [0.717, 1.165) is 31.6 Å². The van der Waals surface area contributed by atoms with Gasteiger partial charge in [0.05, 0.1) is 11.3 Å². The van der Waals surface area contributed by atoms with Crippen molar-refractivity contribution in [2.75, 3.05) is 50.7 Å². The number of piperazine rings is 1. The summed E-state index contributed by atoms with van der Waals surface area (Å²) in [6, 6.07) is 5.09. The zero-order valence-electron chi connectivity index (χ0n) is 16.7. The van der Waals surface area contributed by atoms with Crippen molar-refractivity contribution in [3.05, 3.63) is 29.3 Å². The number of hydrogen-bond donors (Lipinski definition) is 0. The molecule has 1 aromatic carbocycles. The molecule has 0 saturated carbocycles. The summed E-state index contributed by atoms with van der Waals surface area (Å²) < 4.78 is 0. The number of hydrogen-bond acceptors (Lipinski definition) is 4. The van der Waals surface area contributed by atoms with E-state index in [-0.39, 0.29) is 24.3 Å². The van der Waals surface area contributed by atoms with E-state index >= 15 is 0 Å². The minimum Gasteiger partial charge on any atom is -0.339 e. The number of rotatable bonds is 3. The molecule has 28 heavy (non-hydrogen) atoms. The highest BCUT2D eigenvalue weighted by atomic mass is 16.2. The second-order valence-electron chi connectivity index (χ2n) is 7.92. The number of fused-ring (bicyclic) bond motifs is 2. The Morgan fingerprint density at radius 3 is 2.57 bits per heavy atom. The van der Waals surface area contributed by atoms with Crippen LogP contribution in [0.2, 0.25) is 0 Å². The monoisotopic (exact) mass is 384 g/mol. The molecule has 3 aliphatic heterocycles. The molecule has 2 saturated heterocycles. The third kappa shape index (κ3) is 3.28. The summed E-state index contributed by atoms with van der Waals surface area (Å²) in [7, 11) is 0. The molecule has 0 bridgehead atoms. The summed E-state index contributed by atoms with van der Waals surface area (Å²) in [5.41, 5.74) is 2.07. The summed E-state index contributed by atoms with van der Waals surface area (Å²) >= 11 is 0. The maximum absolute atomic E-state index is 13.3. The summed E-state index contributed by atoms with van der Waals surface area (Å²) in [4.78, 5) is 46.7. The van der Waals surface area contributed by atoms with Gasteiger partial charge in [-0.3, -0.25) is 14.4 Å². The number of anilines is 1. The first-order valence-electron chi connectivity index (χ1n) is 10.2. The van der Waals surface area contributed by atoms with Gasteiger partial charge < -0.3 is 19.6 Å². The lowest BCUT2D eigenvalue weighted by Crippen LogP contribution is -2.53. The molecular formula is C21H28N4O3. The summed E-state index contributed by atoms with van der Waals surface area (Å²) in [6.45, 7) is 8.73. The molecule has 7 nitrogen and oxygen atoms in total. The summed E-state index contributed by atoms with van der Waals surface area (Å²) in [5.74, 6) is -0.274. The molecule has 2 fully saturated rings. The standard InChI is InChI=1S/C21H28N4O3/c1-3-22-9-11-23(12-10-22)19(26)14-25-17-7-6-15(2)13-16(17)20(27)24-8-4-5-18(24)21(25)28/h6-7,13,18H,3-5,8-12,14H2,1-2H3. The van der Waals surface area contributed by atoms with Gasteiger partial charge >= 0.3 is 0 Å². The van der Waals surface area contributed by atoms with Crippen LogP contribution in [0.25, 0.3) is 0 Å². The van der Waals surface area contributed by atoms with E-state index in [2.05, 4.69) is 11.8 Å². The molecule has 0 spiro atoms. The lowest BCUT2D eigenvalue weighted by Gasteiger charge is -2.35. The van der Waals surface area contributed by atoms with Crippen LogP contribution in [0, 0.1) is 6.92 Å². The van der Waals surface area contributed by atoms with Crippen LogP contribution < -0.4 is 4.90 Å². The second kappa shape index (κ2) is 7.54. The van der Waals surface area contributed by atoms with Crippen molar-refractivity contribution in [2.45, 2.75) is 32.7 Å². The predicted molar refractivity (Wildman–Crippen MR) is 106 cm³/mol. The van der Waals surface area contributed by atoms with Gasteiger partial charge in [-0.2, -0.15) is 0 Å². The maximum atomic E-state index is 13.3. The Morgan fingerprint density at radius 1 is 1.11 bits per heavy atom. The molecule has 1 unspecified atom stereocenters. The highest BCUT2D eigenvalue weighted by Gasteiger charge is 2.42. The maximum Gasteiger partial charge on any atom is 0.256 e. The van der Waals surface area contributed by atoms with Gasteiger partial charge in [0.2, 0.25) is 11.8 Å². The van der Waals surface area contributed by atoms with Crippen molar-refractivity contribution in [1.29, 1.82) is 0 Å². The molecule has 3 aliphatic rings. The van der Waals surface area contributed by atoms with E-state index in [4.69, 9.17) is 0 Å². The Hall–Kier alpha value is -2.41. The molecule has 7 heteroatoms. The number of carbonyl (C=O) groups is 3. The van der Waals surface area contributed by atoms with E-state index in [9.17, 15) is 14.4 Å². The quantitative estimate of drug-likeness (QED) is 0.783. The van der Waals surface area contributed by atoms with E-state index in [1.54, 1.807) is 9.80 Å². The van der Waals surface area contributed by atoms with Crippen LogP contribution in [0.15, 0.2) is 18.2 Å². The molecule has 3 amide bonds. The molecule has 1 aromatic rings. The topological polar surface area (TPSA) is 64.2 Å². The number of likely N-dealkylation sites (N-methyl/N-ethyl adjacent to an activating group) is 1. The van der Waals surface area contributed by atoms with E-state index in [0.29, 0.717) is 37.3 Å². The van der Waals surface area contributed by atoms with Crippen molar-refractivity contribution < 1.29 is 14.4 Å². The molecule has 1 atom stereocenters. The largest absolute Gasteiger partial charge is 0.339 e. The Balaban J connectivity index is 1.61. The minimum atomic E-state index is -0.454. The molecule has 0 radical (unpaired) electrons. The zero-order chi connectivity index (χ0) is 19.8. The third-order valence-electron chi connectivity index (χ3n) is 6.20. The van der Waals surface area contributed by atoms with Gasteiger partial charge in [-0.15, -0.1) is 0 Å². The average Bonchev–Trinajstić information content (AvgIpc) is 3.18. The van der Waals surface area contributed by atoms with Gasteiger partial charge in [-0.05, 0) is 38.4 Å². The predicted octanol–water partition coefficient (Wildman–Crippen LogP) is 1.11. The molecule has 3 heterocycles. The molecular weight excluding hydrogens is 356 g/mol. The van der Waals surface area contributed by atoms with Crippen molar-refractivity contribution in [3.63, 3.8) is 0 Å². The van der Waals surface area contributed by atoms with Crippen LogP contribution >= 0.6 is 0 Å². The van der Waals surface area contributed by atoms with Crippen LogP contribution in [0.3, 0.4) is 0 Å². The molecule has 0 aliphatic carbocycles. The van der Waals surface area contributed by atoms with E-state index in [1.165, 1.54) is 0 Å².